The number of unbranched alkanes of at least 4 members (excludes halogenated alkanes) is 1. The Kier molecular flexibility index (Phi) is 4.82. The molecule has 0 unspecified atom stereocenters. The van der Waals surface area contributed by atoms with E-state index in [1.807, 2.05) is 24.3 Å². The Morgan fingerprint density at radius 2 is 1.78 bits per heavy atom. The molecule has 3 rings (SSSR count). The first-order valence-electron chi connectivity index (χ1n) is 8.14. The number of methoxy groups -OCH3 is 1. The second-order valence-corrected chi connectivity index (χ2v) is 5.65. The molecule has 23 heavy (non-hydrogen) atoms. The Morgan fingerprint density at radius 3 is 2.52 bits per heavy atom. The average Bonchev–Trinajstić information content (AvgIpc) is 2.96. The summed E-state index contributed by atoms with van der Waals surface area (Å²) in [7, 11) is 1.68. The molecular formula is C21H22O2. The zero-order valence-electron chi connectivity index (χ0n) is 13.7. The average molecular weight is 306 g/mol. The Morgan fingerprint density at radius 1 is 1.00 bits per heavy atom. The minimum Gasteiger partial charge on any atom is -0.497 e. The van der Waals surface area contributed by atoms with E-state index in [1.165, 1.54) is 17.4 Å². The first-order valence-corrected chi connectivity index (χ1v) is 8.14. The van der Waals surface area contributed by atoms with Gasteiger partial charge in [0, 0.05) is 17.4 Å². The molecule has 0 aliphatic heterocycles. The molecule has 2 heteroatoms. The summed E-state index contributed by atoms with van der Waals surface area (Å²) in [6.07, 6.45) is 7.58. The van der Waals surface area contributed by atoms with Gasteiger partial charge in [-0.1, -0.05) is 55.8 Å². The monoisotopic (exact) mass is 306 g/mol. The highest BCUT2D eigenvalue weighted by molar-refractivity contribution is 5.91. The van der Waals surface area contributed by atoms with Crippen LogP contribution in [0.3, 0.4) is 0 Å². The quantitative estimate of drug-likeness (QED) is 0.561. The van der Waals surface area contributed by atoms with Crippen molar-refractivity contribution in [3.05, 3.63) is 65.4 Å². The summed E-state index contributed by atoms with van der Waals surface area (Å²) in [6, 6.07) is 16.3. The third-order valence-corrected chi connectivity index (χ3v) is 4.03. The Balaban J connectivity index is 1.94. The topological polar surface area (TPSA) is 22.4 Å². The molecule has 1 aromatic heterocycles. The molecule has 0 saturated heterocycles. The van der Waals surface area contributed by atoms with Crippen molar-refractivity contribution in [3.63, 3.8) is 0 Å². The van der Waals surface area contributed by atoms with Gasteiger partial charge >= 0.3 is 0 Å². The molecule has 118 valence electrons. The number of hydrogen-bond acceptors (Lipinski definition) is 2. The fraction of sp³-hybridized carbons (Fsp3) is 0.238. The molecule has 2 aromatic carbocycles. The van der Waals surface area contributed by atoms with Gasteiger partial charge in [-0.15, -0.1) is 0 Å². The van der Waals surface area contributed by atoms with Crippen LogP contribution in [0.25, 0.3) is 23.1 Å². The molecule has 0 radical (unpaired) electrons. The van der Waals surface area contributed by atoms with Gasteiger partial charge in [-0.2, -0.15) is 0 Å². The first-order chi connectivity index (χ1) is 11.3. The van der Waals surface area contributed by atoms with E-state index in [1.54, 1.807) is 7.11 Å². The molecule has 0 aliphatic carbocycles. The summed E-state index contributed by atoms with van der Waals surface area (Å²) in [5, 5.41) is 1.18. The molecule has 2 nitrogen and oxygen atoms in total. The van der Waals surface area contributed by atoms with Gasteiger partial charge in [-0.25, -0.2) is 0 Å². The van der Waals surface area contributed by atoms with E-state index < -0.39 is 0 Å². The minimum absolute atomic E-state index is 0.875. The first kappa shape index (κ1) is 15.4. The van der Waals surface area contributed by atoms with E-state index >= 15 is 0 Å². The standard InChI is InChI=1S/C21H22O2/c1-3-4-8-20-19(18-7-5-6-9-21(18)23-20)15-12-16-10-13-17(22-2)14-11-16/h5-7,9-15H,3-4,8H2,1-2H3/b15-12+. The second kappa shape index (κ2) is 7.19. The van der Waals surface area contributed by atoms with Gasteiger partial charge in [-0.3, -0.25) is 0 Å². The number of benzene rings is 2. The highest BCUT2D eigenvalue weighted by atomic mass is 16.5. The van der Waals surface area contributed by atoms with E-state index in [0.29, 0.717) is 0 Å². The SMILES string of the molecule is CCCCc1oc2ccccc2c1/C=C/c1ccc(OC)cc1. The molecule has 3 aromatic rings. The normalized spacial score (nSPS) is 11.4. The third-order valence-electron chi connectivity index (χ3n) is 4.03. The molecule has 0 fully saturated rings. The summed E-state index contributed by atoms with van der Waals surface area (Å²) in [5.74, 6) is 1.96. The van der Waals surface area contributed by atoms with Gasteiger partial charge in [-0.05, 0) is 30.2 Å². The molecule has 0 N–H and O–H groups in total. The summed E-state index contributed by atoms with van der Waals surface area (Å²) in [5.41, 5.74) is 3.32. The van der Waals surface area contributed by atoms with Gasteiger partial charge < -0.3 is 9.15 Å². The van der Waals surface area contributed by atoms with E-state index in [4.69, 9.17) is 9.15 Å². The van der Waals surface area contributed by atoms with Crippen LogP contribution in [0.2, 0.25) is 0 Å². The van der Waals surface area contributed by atoms with Crippen LogP contribution < -0.4 is 4.74 Å². The number of aryl methyl sites for hydroxylation is 1. The molecule has 0 saturated carbocycles. The van der Waals surface area contributed by atoms with Crippen LogP contribution in [0.5, 0.6) is 5.75 Å². The Labute approximate surface area is 137 Å². The molecule has 1 heterocycles. The number of fused-ring (bicyclic) bond motifs is 1. The van der Waals surface area contributed by atoms with Crippen molar-refractivity contribution in [2.75, 3.05) is 7.11 Å². The van der Waals surface area contributed by atoms with E-state index in [9.17, 15) is 0 Å². The predicted molar refractivity (Wildman–Crippen MR) is 96.7 cm³/mol. The highest BCUT2D eigenvalue weighted by Gasteiger charge is 2.10. The molecule has 0 amide bonds. The second-order valence-electron chi connectivity index (χ2n) is 5.65. The lowest BCUT2D eigenvalue weighted by atomic mass is 10.1. The van der Waals surface area contributed by atoms with Crippen molar-refractivity contribution >= 4 is 23.1 Å². The lowest BCUT2D eigenvalue weighted by Crippen LogP contribution is -1.85. The van der Waals surface area contributed by atoms with Crippen LogP contribution in [0, 0.1) is 0 Å². The van der Waals surface area contributed by atoms with Crippen molar-refractivity contribution in [3.8, 4) is 5.75 Å². The van der Waals surface area contributed by atoms with Crippen molar-refractivity contribution in [1.29, 1.82) is 0 Å². The highest BCUT2D eigenvalue weighted by Crippen LogP contribution is 2.29. The summed E-state index contributed by atoms with van der Waals surface area (Å²) in [6.45, 7) is 2.20. The maximum atomic E-state index is 6.05. The van der Waals surface area contributed by atoms with E-state index in [-0.39, 0.29) is 0 Å². The molecule has 0 bridgehead atoms. The van der Waals surface area contributed by atoms with Crippen LogP contribution >= 0.6 is 0 Å². The smallest absolute Gasteiger partial charge is 0.134 e. The predicted octanol–water partition coefficient (Wildman–Crippen LogP) is 5.95. The molecule has 0 atom stereocenters. The maximum absolute atomic E-state index is 6.05. The molecule has 0 spiro atoms. The largest absolute Gasteiger partial charge is 0.497 e. The van der Waals surface area contributed by atoms with Gasteiger partial charge in [0.15, 0.2) is 0 Å². The number of furan rings is 1. The summed E-state index contributed by atoms with van der Waals surface area (Å²) in [4.78, 5) is 0. The summed E-state index contributed by atoms with van der Waals surface area (Å²) >= 11 is 0. The van der Waals surface area contributed by atoms with Crippen LogP contribution in [0.1, 0.15) is 36.7 Å². The zero-order chi connectivity index (χ0) is 16.1. The Bertz CT molecular complexity index is 794. The van der Waals surface area contributed by atoms with Crippen molar-refractivity contribution in [1.82, 2.24) is 0 Å². The number of hydrogen-bond donors (Lipinski definition) is 0. The summed E-state index contributed by atoms with van der Waals surface area (Å²) < 4.78 is 11.3. The van der Waals surface area contributed by atoms with E-state index in [2.05, 4.69) is 43.3 Å². The van der Waals surface area contributed by atoms with Crippen LogP contribution in [-0.4, -0.2) is 7.11 Å². The Hall–Kier alpha value is -2.48. The van der Waals surface area contributed by atoms with Crippen LogP contribution in [0.4, 0.5) is 0 Å². The number of ether oxygens (including phenoxy) is 1. The fourth-order valence-corrected chi connectivity index (χ4v) is 2.72. The van der Waals surface area contributed by atoms with Gasteiger partial charge in [0.25, 0.3) is 0 Å². The molecular weight excluding hydrogens is 284 g/mol. The van der Waals surface area contributed by atoms with Gasteiger partial charge in [0.05, 0.1) is 7.11 Å². The van der Waals surface area contributed by atoms with Crippen LogP contribution in [0.15, 0.2) is 52.9 Å². The zero-order valence-corrected chi connectivity index (χ0v) is 13.7. The maximum Gasteiger partial charge on any atom is 0.134 e. The van der Waals surface area contributed by atoms with Crippen LogP contribution in [-0.2, 0) is 6.42 Å². The lowest BCUT2D eigenvalue weighted by Gasteiger charge is -2.00. The van der Waals surface area contributed by atoms with Gasteiger partial charge in [0.2, 0.25) is 0 Å². The fourth-order valence-electron chi connectivity index (χ4n) is 2.72. The lowest BCUT2D eigenvalue weighted by molar-refractivity contribution is 0.415. The van der Waals surface area contributed by atoms with Crippen molar-refractivity contribution in [2.24, 2.45) is 0 Å². The van der Waals surface area contributed by atoms with Crippen molar-refractivity contribution < 1.29 is 9.15 Å². The number of rotatable bonds is 6. The minimum atomic E-state index is 0.875. The van der Waals surface area contributed by atoms with Crippen molar-refractivity contribution in [2.45, 2.75) is 26.2 Å². The molecule has 0 aliphatic rings. The number of para-hydroxylation sites is 1. The third kappa shape index (κ3) is 3.48. The van der Waals surface area contributed by atoms with E-state index in [0.717, 1.165) is 35.5 Å². The van der Waals surface area contributed by atoms with Gasteiger partial charge in [0.1, 0.15) is 17.1 Å².